The van der Waals surface area contributed by atoms with Crippen LogP contribution < -0.4 is 0 Å². The Bertz CT molecular complexity index is 791. The lowest BCUT2D eigenvalue weighted by molar-refractivity contribution is 0.0995. The molecule has 0 spiro atoms. The van der Waals surface area contributed by atoms with E-state index in [4.69, 9.17) is 11.6 Å². The van der Waals surface area contributed by atoms with Crippen molar-refractivity contribution in [2.45, 2.75) is 30.9 Å². The maximum Gasteiger partial charge on any atom is 0.191 e. The number of sulfone groups is 1. The van der Waals surface area contributed by atoms with Gasteiger partial charge in [0.05, 0.1) is 14.1 Å². The van der Waals surface area contributed by atoms with Crippen LogP contribution in [0.1, 0.15) is 27.7 Å². The molecule has 1 heterocycles. The molecule has 1 aromatic carbocycles. The molecule has 6 heteroatoms. The van der Waals surface area contributed by atoms with Crippen LogP contribution in [0.15, 0.2) is 35.2 Å². The number of ketones is 1. The number of carbonyl (C=O) groups excluding carboxylic acids is 1. The molecule has 0 bridgehead atoms. The molecule has 0 aliphatic heterocycles. The SMILES string of the molecule is Cc1ccc(C)c(S(=O)(=O)C(C)C(=O)c2ccc(Cl)s2)c1. The van der Waals surface area contributed by atoms with Crippen LogP contribution >= 0.6 is 22.9 Å². The smallest absolute Gasteiger partial charge is 0.191 e. The van der Waals surface area contributed by atoms with E-state index in [0.29, 0.717) is 14.8 Å². The number of hydrogen-bond donors (Lipinski definition) is 0. The summed E-state index contributed by atoms with van der Waals surface area (Å²) in [6, 6.07) is 8.36. The highest BCUT2D eigenvalue weighted by Crippen LogP contribution is 2.27. The van der Waals surface area contributed by atoms with Crippen molar-refractivity contribution >= 4 is 38.6 Å². The van der Waals surface area contributed by atoms with E-state index in [2.05, 4.69) is 0 Å². The van der Waals surface area contributed by atoms with Crippen LogP contribution in [-0.2, 0) is 9.84 Å². The van der Waals surface area contributed by atoms with Crippen molar-refractivity contribution in [3.63, 3.8) is 0 Å². The first kappa shape index (κ1) is 16.2. The number of benzene rings is 1. The molecule has 2 rings (SSSR count). The molecule has 1 unspecified atom stereocenters. The van der Waals surface area contributed by atoms with Gasteiger partial charge in [0.2, 0.25) is 0 Å². The van der Waals surface area contributed by atoms with Gasteiger partial charge in [0, 0.05) is 0 Å². The molecule has 0 radical (unpaired) electrons. The van der Waals surface area contributed by atoms with Gasteiger partial charge in [-0.25, -0.2) is 8.42 Å². The Labute approximate surface area is 133 Å². The second-order valence-corrected chi connectivity index (χ2v) is 8.88. The average molecular weight is 343 g/mol. The normalized spacial score (nSPS) is 13.1. The highest BCUT2D eigenvalue weighted by molar-refractivity contribution is 7.93. The maximum atomic E-state index is 12.7. The quantitative estimate of drug-likeness (QED) is 0.787. The van der Waals surface area contributed by atoms with E-state index >= 15 is 0 Å². The topological polar surface area (TPSA) is 51.2 Å². The summed E-state index contributed by atoms with van der Waals surface area (Å²) >= 11 is 6.90. The molecule has 0 saturated heterocycles. The van der Waals surface area contributed by atoms with Crippen LogP contribution in [0.25, 0.3) is 0 Å². The van der Waals surface area contributed by atoms with Crippen LogP contribution in [0, 0.1) is 13.8 Å². The summed E-state index contributed by atoms with van der Waals surface area (Å²) in [5.74, 6) is -0.423. The van der Waals surface area contributed by atoms with Crippen LogP contribution in [-0.4, -0.2) is 19.5 Å². The Kier molecular flexibility index (Phi) is 4.56. The molecule has 2 aromatic rings. The van der Waals surface area contributed by atoms with Gasteiger partial charge in [-0.15, -0.1) is 11.3 Å². The van der Waals surface area contributed by atoms with Crippen molar-refractivity contribution in [1.82, 2.24) is 0 Å². The van der Waals surface area contributed by atoms with Gasteiger partial charge in [-0.05, 0) is 50.1 Å². The molecule has 0 amide bonds. The minimum atomic E-state index is -3.72. The van der Waals surface area contributed by atoms with Crippen molar-refractivity contribution < 1.29 is 13.2 Å². The highest BCUT2D eigenvalue weighted by Gasteiger charge is 2.32. The summed E-state index contributed by atoms with van der Waals surface area (Å²) in [7, 11) is -3.72. The van der Waals surface area contributed by atoms with E-state index in [-0.39, 0.29) is 4.90 Å². The minimum Gasteiger partial charge on any atom is -0.292 e. The lowest BCUT2D eigenvalue weighted by Gasteiger charge is -2.14. The first-order valence-corrected chi connectivity index (χ1v) is 9.08. The molecule has 1 atom stereocenters. The molecule has 0 fully saturated rings. The van der Waals surface area contributed by atoms with E-state index in [1.807, 2.05) is 13.0 Å². The van der Waals surface area contributed by atoms with Crippen LogP contribution in [0.4, 0.5) is 0 Å². The second kappa shape index (κ2) is 5.91. The highest BCUT2D eigenvalue weighted by atomic mass is 35.5. The van der Waals surface area contributed by atoms with Gasteiger partial charge in [0.25, 0.3) is 0 Å². The second-order valence-electron chi connectivity index (χ2n) is 4.92. The fraction of sp³-hybridized carbons (Fsp3) is 0.267. The molecule has 0 N–H and O–H groups in total. The Morgan fingerprint density at radius 1 is 1.19 bits per heavy atom. The van der Waals surface area contributed by atoms with Crippen molar-refractivity contribution in [1.29, 1.82) is 0 Å². The van der Waals surface area contributed by atoms with Gasteiger partial charge in [-0.3, -0.25) is 4.79 Å². The van der Waals surface area contributed by atoms with E-state index < -0.39 is 20.9 Å². The number of Topliss-reactive ketones (excluding diaryl/α,β-unsaturated/α-hetero) is 1. The van der Waals surface area contributed by atoms with Gasteiger partial charge < -0.3 is 0 Å². The number of aryl methyl sites for hydroxylation is 2. The zero-order chi connectivity index (χ0) is 15.8. The first-order chi connectivity index (χ1) is 9.73. The molecule has 0 aliphatic carbocycles. The summed E-state index contributed by atoms with van der Waals surface area (Å²) in [6.45, 7) is 4.97. The third-order valence-electron chi connectivity index (χ3n) is 3.30. The Hall–Kier alpha value is -1.17. The standard InChI is InChI=1S/C15H15ClO3S2/c1-9-4-5-10(2)13(8-9)21(18,19)11(3)15(17)12-6-7-14(16)20-12/h4-8,11H,1-3H3. The van der Waals surface area contributed by atoms with Gasteiger partial charge >= 0.3 is 0 Å². The molecule has 0 saturated carbocycles. The largest absolute Gasteiger partial charge is 0.292 e. The van der Waals surface area contributed by atoms with Gasteiger partial charge in [0.15, 0.2) is 15.6 Å². The summed E-state index contributed by atoms with van der Waals surface area (Å²) in [5.41, 5.74) is 1.49. The third-order valence-corrected chi connectivity index (χ3v) is 6.74. The summed E-state index contributed by atoms with van der Waals surface area (Å²) in [4.78, 5) is 12.9. The van der Waals surface area contributed by atoms with Gasteiger partial charge in [-0.2, -0.15) is 0 Å². The number of thiophene rings is 1. The van der Waals surface area contributed by atoms with Crippen molar-refractivity contribution in [3.8, 4) is 0 Å². The number of rotatable bonds is 4. The van der Waals surface area contributed by atoms with Crippen LogP contribution in [0.3, 0.4) is 0 Å². The van der Waals surface area contributed by atoms with Crippen molar-refractivity contribution in [3.05, 3.63) is 50.7 Å². The van der Waals surface area contributed by atoms with E-state index in [0.717, 1.165) is 16.9 Å². The predicted molar refractivity (Wildman–Crippen MR) is 86.2 cm³/mol. The molecule has 1 aromatic heterocycles. The summed E-state index contributed by atoms with van der Waals surface area (Å²) in [5, 5.41) is -1.13. The molecule has 21 heavy (non-hydrogen) atoms. The summed E-state index contributed by atoms with van der Waals surface area (Å²) < 4.78 is 25.8. The maximum absolute atomic E-state index is 12.7. The Balaban J connectivity index is 2.43. The van der Waals surface area contributed by atoms with Crippen molar-refractivity contribution in [2.24, 2.45) is 0 Å². The van der Waals surface area contributed by atoms with Crippen LogP contribution in [0.2, 0.25) is 4.34 Å². The number of hydrogen-bond acceptors (Lipinski definition) is 4. The Morgan fingerprint density at radius 3 is 2.43 bits per heavy atom. The van der Waals surface area contributed by atoms with E-state index in [1.54, 1.807) is 31.2 Å². The average Bonchev–Trinajstić information content (AvgIpc) is 2.86. The number of carbonyl (C=O) groups is 1. The lowest BCUT2D eigenvalue weighted by atomic mass is 10.2. The third kappa shape index (κ3) is 3.20. The molecule has 112 valence electrons. The monoisotopic (exact) mass is 342 g/mol. The molecule has 0 aliphatic rings. The predicted octanol–water partition coefficient (Wildman–Crippen LogP) is 4.06. The molecular formula is C15H15ClO3S2. The van der Waals surface area contributed by atoms with Crippen molar-refractivity contribution in [2.75, 3.05) is 0 Å². The minimum absolute atomic E-state index is 0.214. The molecular weight excluding hydrogens is 328 g/mol. The zero-order valence-electron chi connectivity index (χ0n) is 11.9. The fourth-order valence-electron chi connectivity index (χ4n) is 1.99. The fourth-order valence-corrected chi connectivity index (χ4v) is 4.80. The van der Waals surface area contributed by atoms with Crippen LogP contribution in [0.5, 0.6) is 0 Å². The Morgan fingerprint density at radius 2 is 1.86 bits per heavy atom. The lowest BCUT2D eigenvalue weighted by Crippen LogP contribution is -2.27. The van der Waals surface area contributed by atoms with Gasteiger partial charge in [0.1, 0.15) is 5.25 Å². The molecule has 3 nitrogen and oxygen atoms in total. The van der Waals surface area contributed by atoms with E-state index in [1.165, 1.54) is 6.92 Å². The zero-order valence-corrected chi connectivity index (χ0v) is 14.3. The first-order valence-electron chi connectivity index (χ1n) is 6.34. The van der Waals surface area contributed by atoms with Gasteiger partial charge in [-0.1, -0.05) is 23.7 Å². The summed E-state index contributed by atoms with van der Waals surface area (Å²) in [6.07, 6.45) is 0. The van der Waals surface area contributed by atoms with E-state index in [9.17, 15) is 13.2 Å². The number of halogens is 1.